The average Bonchev–Trinajstić information content (AvgIpc) is 2.38. The number of methoxy groups -OCH3 is 1. The van der Waals surface area contributed by atoms with Crippen LogP contribution in [0, 0.1) is 3.57 Å². The molecular weight excluding hydrogens is 363 g/mol. The fourth-order valence-electron chi connectivity index (χ4n) is 1.63. The Labute approximate surface area is 122 Å². The van der Waals surface area contributed by atoms with E-state index in [4.69, 9.17) is 13.9 Å². The van der Waals surface area contributed by atoms with E-state index in [1.165, 1.54) is 13.2 Å². The largest absolute Gasteiger partial charge is 0.496 e. The molecule has 6 heteroatoms. The van der Waals surface area contributed by atoms with Crippen molar-refractivity contribution in [2.45, 2.75) is 6.92 Å². The number of rotatable bonds is 3. The Morgan fingerprint density at radius 1 is 1.37 bits per heavy atom. The van der Waals surface area contributed by atoms with Gasteiger partial charge in [-0.05, 0) is 41.6 Å². The number of halogens is 1. The monoisotopic (exact) mass is 374 g/mol. The van der Waals surface area contributed by atoms with Crippen LogP contribution in [-0.4, -0.2) is 19.7 Å². The number of hydrogen-bond donors (Lipinski definition) is 0. The first-order valence-corrected chi connectivity index (χ1v) is 6.63. The number of carbonyl (C=O) groups excluding carboxylic acids is 1. The molecule has 0 aliphatic heterocycles. The van der Waals surface area contributed by atoms with E-state index in [0.717, 1.165) is 3.57 Å². The molecule has 0 fully saturated rings. The molecule has 0 spiro atoms. The molecule has 0 unspecified atom stereocenters. The minimum Gasteiger partial charge on any atom is -0.496 e. The van der Waals surface area contributed by atoms with Gasteiger partial charge >= 0.3 is 11.6 Å². The molecule has 100 valence electrons. The van der Waals surface area contributed by atoms with Gasteiger partial charge in [0.2, 0.25) is 0 Å². The van der Waals surface area contributed by atoms with Gasteiger partial charge in [-0.1, -0.05) is 0 Å². The first-order chi connectivity index (χ1) is 9.06. The summed E-state index contributed by atoms with van der Waals surface area (Å²) in [4.78, 5) is 23.3. The van der Waals surface area contributed by atoms with Crippen molar-refractivity contribution in [1.29, 1.82) is 0 Å². The minimum atomic E-state index is -0.714. The highest BCUT2D eigenvalue weighted by molar-refractivity contribution is 14.1. The Morgan fingerprint density at radius 2 is 2.11 bits per heavy atom. The van der Waals surface area contributed by atoms with Gasteiger partial charge in [-0.15, -0.1) is 0 Å². The van der Waals surface area contributed by atoms with Gasteiger partial charge in [0.15, 0.2) is 0 Å². The maximum absolute atomic E-state index is 11.7. The smallest absolute Gasteiger partial charge is 0.351 e. The summed E-state index contributed by atoms with van der Waals surface area (Å²) < 4.78 is 15.9. The molecule has 2 aromatic rings. The molecule has 5 nitrogen and oxygen atoms in total. The second-order valence-electron chi connectivity index (χ2n) is 3.69. The predicted octanol–water partition coefficient (Wildman–Crippen LogP) is 2.58. The van der Waals surface area contributed by atoms with Crippen LogP contribution in [0.1, 0.15) is 17.3 Å². The first-order valence-electron chi connectivity index (χ1n) is 5.55. The summed E-state index contributed by atoms with van der Waals surface area (Å²) in [7, 11) is 1.54. The van der Waals surface area contributed by atoms with Crippen LogP contribution in [0.3, 0.4) is 0 Å². The zero-order valence-electron chi connectivity index (χ0n) is 10.4. The van der Waals surface area contributed by atoms with Gasteiger partial charge in [-0.2, -0.15) is 0 Å². The molecule has 0 aliphatic carbocycles. The number of hydrogen-bond acceptors (Lipinski definition) is 5. The van der Waals surface area contributed by atoms with Crippen molar-refractivity contribution in [3.63, 3.8) is 0 Å². The SMILES string of the molecule is CCOC(=O)c1cc2cc(I)c(OC)cc2oc1=O. The summed E-state index contributed by atoms with van der Waals surface area (Å²) in [6, 6.07) is 4.87. The van der Waals surface area contributed by atoms with E-state index in [1.54, 1.807) is 19.1 Å². The van der Waals surface area contributed by atoms with Crippen molar-refractivity contribution in [3.05, 3.63) is 37.8 Å². The van der Waals surface area contributed by atoms with Gasteiger partial charge in [0.05, 0.1) is 17.3 Å². The second kappa shape index (κ2) is 5.60. The minimum absolute atomic E-state index is 0.102. The molecule has 19 heavy (non-hydrogen) atoms. The molecule has 0 aliphatic rings. The molecule has 0 saturated carbocycles. The summed E-state index contributed by atoms with van der Waals surface area (Å²) in [5.41, 5.74) is -0.445. The summed E-state index contributed by atoms with van der Waals surface area (Å²) >= 11 is 2.10. The standard InChI is InChI=1S/C13H11IO5/c1-3-18-12(15)8-4-7-5-9(14)11(17-2)6-10(7)19-13(8)16/h4-6H,3H2,1-2H3. The van der Waals surface area contributed by atoms with Crippen LogP contribution in [0.2, 0.25) is 0 Å². The van der Waals surface area contributed by atoms with Crippen LogP contribution in [-0.2, 0) is 4.74 Å². The highest BCUT2D eigenvalue weighted by Gasteiger charge is 2.15. The number of benzene rings is 1. The Bertz CT molecular complexity index is 689. The van der Waals surface area contributed by atoms with E-state index in [-0.39, 0.29) is 12.2 Å². The van der Waals surface area contributed by atoms with Crippen molar-refractivity contribution in [3.8, 4) is 5.75 Å². The van der Waals surface area contributed by atoms with Crippen LogP contribution in [0.5, 0.6) is 5.75 Å². The van der Waals surface area contributed by atoms with Crippen LogP contribution in [0.4, 0.5) is 0 Å². The van der Waals surface area contributed by atoms with E-state index >= 15 is 0 Å². The van der Waals surface area contributed by atoms with E-state index in [9.17, 15) is 9.59 Å². The molecule has 0 N–H and O–H groups in total. The van der Waals surface area contributed by atoms with Crippen molar-refractivity contribution in [1.82, 2.24) is 0 Å². The molecule has 0 radical (unpaired) electrons. The molecule has 0 atom stereocenters. The summed E-state index contributed by atoms with van der Waals surface area (Å²) in [6.07, 6.45) is 0. The lowest BCUT2D eigenvalue weighted by Crippen LogP contribution is -2.16. The summed E-state index contributed by atoms with van der Waals surface area (Å²) in [6.45, 7) is 1.88. The third kappa shape index (κ3) is 2.73. The van der Waals surface area contributed by atoms with E-state index in [1.807, 2.05) is 0 Å². The van der Waals surface area contributed by atoms with Gasteiger partial charge in [-0.3, -0.25) is 0 Å². The first kappa shape index (κ1) is 13.9. The van der Waals surface area contributed by atoms with Crippen LogP contribution >= 0.6 is 22.6 Å². The summed E-state index contributed by atoms with van der Waals surface area (Å²) in [5, 5.41) is 0.646. The quantitative estimate of drug-likeness (QED) is 0.470. The fraction of sp³-hybridized carbons (Fsp3) is 0.231. The number of fused-ring (bicyclic) bond motifs is 1. The van der Waals surface area contributed by atoms with Crippen LogP contribution < -0.4 is 10.4 Å². The Morgan fingerprint density at radius 3 is 2.74 bits per heavy atom. The van der Waals surface area contributed by atoms with E-state index < -0.39 is 11.6 Å². The molecule has 1 aromatic heterocycles. The maximum atomic E-state index is 11.7. The normalized spacial score (nSPS) is 10.5. The average molecular weight is 374 g/mol. The second-order valence-corrected chi connectivity index (χ2v) is 4.85. The van der Waals surface area contributed by atoms with E-state index in [2.05, 4.69) is 22.6 Å². The van der Waals surface area contributed by atoms with Crippen molar-refractivity contribution in [2.24, 2.45) is 0 Å². The van der Waals surface area contributed by atoms with Crippen molar-refractivity contribution in [2.75, 3.05) is 13.7 Å². The van der Waals surface area contributed by atoms with Gasteiger partial charge in [0.1, 0.15) is 16.9 Å². The lowest BCUT2D eigenvalue weighted by Gasteiger charge is -2.06. The maximum Gasteiger partial charge on any atom is 0.351 e. The summed E-state index contributed by atoms with van der Waals surface area (Å²) in [5.74, 6) is -0.0656. The highest BCUT2D eigenvalue weighted by atomic mass is 127. The molecule has 1 aromatic carbocycles. The van der Waals surface area contributed by atoms with Gasteiger partial charge in [0.25, 0.3) is 0 Å². The number of carbonyl (C=O) groups is 1. The fourth-order valence-corrected chi connectivity index (χ4v) is 2.34. The van der Waals surface area contributed by atoms with Gasteiger partial charge < -0.3 is 13.9 Å². The number of ether oxygens (including phenoxy) is 2. The third-order valence-corrected chi connectivity index (χ3v) is 3.35. The Kier molecular flexibility index (Phi) is 4.08. The molecule has 0 bridgehead atoms. The van der Waals surface area contributed by atoms with Gasteiger partial charge in [0, 0.05) is 11.5 Å². The zero-order valence-corrected chi connectivity index (χ0v) is 12.5. The lowest BCUT2D eigenvalue weighted by atomic mass is 10.2. The molecular formula is C13H11IO5. The van der Waals surface area contributed by atoms with Crippen molar-refractivity contribution < 1.29 is 18.7 Å². The molecule has 0 amide bonds. The third-order valence-electron chi connectivity index (χ3n) is 2.50. The Balaban J connectivity index is 2.63. The number of esters is 1. The highest BCUT2D eigenvalue weighted by Crippen LogP contribution is 2.26. The van der Waals surface area contributed by atoms with Gasteiger partial charge in [-0.25, -0.2) is 9.59 Å². The molecule has 2 rings (SSSR count). The van der Waals surface area contributed by atoms with Crippen molar-refractivity contribution >= 4 is 39.5 Å². The van der Waals surface area contributed by atoms with E-state index in [0.29, 0.717) is 16.7 Å². The lowest BCUT2D eigenvalue weighted by molar-refractivity contribution is 0.0522. The topological polar surface area (TPSA) is 65.7 Å². The zero-order chi connectivity index (χ0) is 14.0. The van der Waals surface area contributed by atoms with Crippen LogP contribution in [0.15, 0.2) is 27.4 Å². The molecule has 0 saturated heterocycles. The van der Waals surface area contributed by atoms with Crippen LogP contribution in [0.25, 0.3) is 11.0 Å². The Hall–Kier alpha value is -1.57. The molecule has 1 heterocycles. The predicted molar refractivity (Wildman–Crippen MR) is 77.7 cm³/mol.